The zero-order valence-electron chi connectivity index (χ0n) is 21.7. The molecule has 0 amide bonds. The number of hydrogen-bond acceptors (Lipinski definition) is 9. The number of ether oxygens (including phenoxy) is 1. The van der Waals surface area contributed by atoms with Gasteiger partial charge in [-0.05, 0) is 74.9 Å². The van der Waals surface area contributed by atoms with Gasteiger partial charge in [0.05, 0.1) is 28.1 Å². The predicted molar refractivity (Wildman–Crippen MR) is 140 cm³/mol. The van der Waals surface area contributed by atoms with Crippen LogP contribution in [0.3, 0.4) is 0 Å². The van der Waals surface area contributed by atoms with Crippen LogP contribution in [0.1, 0.15) is 48.9 Å². The van der Waals surface area contributed by atoms with Crippen molar-refractivity contribution in [3.63, 3.8) is 0 Å². The highest BCUT2D eigenvalue weighted by Gasteiger charge is 2.29. The molecule has 4 aromatic heterocycles. The summed E-state index contributed by atoms with van der Waals surface area (Å²) in [4.78, 5) is 17.3. The molecule has 5 aromatic rings. The monoisotopic (exact) mass is 547 g/mol. The lowest BCUT2D eigenvalue weighted by Crippen LogP contribution is -2.23. The number of pyridine rings is 2. The van der Waals surface area contributed by atoms with Crippen LogP contribution in [0.5, 0.6) is 5.88 Å². The van der Waals surface area contributed by atoms with Gasteiger partial charge in [0, 0.05) is 11.3 Å². The Bertz CT molecular complexity index is 1640. The van der Waals surface area contributed by atoms with Gasteiger partial charge in [-0.2, -0.15) is 10.2 Å². The predicted octanol–water partition coefficient (Wildman–Crippen LogP) is 4.99. The summed E-state index contributed by atoms with van der Waals surface area (Å²) in [6.45, 7) is 5.39. The maximum Gasteiger partial charge on any atom is 0.280 e. The van der Waals surface area contributed by atoms with Gasteiger partial charge in [0.25, 0.3) is 6.43 Å². The third-order valence-electron chi connectivity index (χ3n) is 6.20. The second kappa shape index (κ2) is 10.7. The van der Waals surface area contributed by atoms with Gasteiger partial charge in [-0.15, -0.1) is 10.2 Å². The summed E-state index contributed by atoms with van der Waals surface area (Å²) in [5, 5.41) is 14.2. The molecule has 40 heavy (non-hydrogen) atoms. The van der Waals surface area contributed by atoms with Gasteiger partial charge in [-0.3, -0.25) is 9.97 Å². The number of aromatic amines is 1. The third kappa shape index (κ3) is 5.44. The average Bonchev–Trinajstić information content (AvgIpc) is 3.48. The van der Waals surface area contributed by atoms with Crippen LogP contribution in [0.2, 0.25) is 0 Å². The number of nitrogens with one attached hydrogen (secondary N) is 1. The van der Waals surface area contributed by atoms with Crippen molar-refractivity contribution in [2.45, 2.75) is 39.2 Å². The first-order chi connectivity index (χ1) is 19.1. The Kier molecular flexibility index (Phi) is 7.11. The Morgan fingerprint density at radius 2 is 1.75 bits per heavy atom. The molecule has 0 saturated heterocycles. The number of hydrogen-bond donors (Lipinski definition) is 2. The Labute approximate surface area is 226 Å². The van der Waals surface area contributed by atoms with Crippen LogP contribution in [-0.4, -0.2) is 40.6 Å². The third-order valence-corrected chi connectivity index (χ3v) is 6.20. The number of aromatic nitrogens is 8. The first kappa shape index (κ1) is 26.7. The molecule has 0 aliphatic rings. The van der Waals surface area contributed by atoms with E-state index in [1.807, 2.05) is 26.0 Å². The lowest BCUT2D eigenvalue weighted by molar-refractivity contribution is 0.146. The Hall–Kier alpha value is -4.94. The molecule has 0 atom stereocenters. The van der Waals surface area contributed by atoms with Crippen molar-refractivity contribution < 1.29 is 17.9 Å². The fourth-order valence-electron chi connectivity index (χ4n) is 4.18. The number of tetrazole rings is 1. The van der Waals surface area contributed by atoms with Gasteiger partial charge in [-0.25, -0.2) is 18.2 Å². The molecule has 3 N–H and O–H groups in total. The number of nitrogen functional groups attached to an aromatic ring is 1. The van der Waals surface area contributed by atoms with E-state index >= 15 is 0 Å². The van der Waals surface area contributed by atoms with E-state index in [1.54, 1.807) is 19.1 Å². The van der Waals surface area contributed by atoms with Crippen LogP contribution in [0.15, 0.2) is 54.6 Å². The zero-order chi connectivity index (χ0) is 28.4. The van der Waals surface area contributed by atoms with Gasteiger partial charge in [0.15, 0.2) is 5.82 Å². The van der Waals surface area contributed by atoms with Crippen molar-refractivity contribution in [2.75, 3.05) is 5.73 Å². The molecule has 0 unspecified atom stereocenters. The highest BCUT2D eigenvalue weighted by molar-refractivity contribution is 5.85. The number of H-pyrrole nitrogens is 1. The lowest BCUT2D eigenvalue weighted by atomic mass is 9.88. The molecule has 0 aliphatic carbocycles. The minimum absolute atomic E-state index is 0.0335. The van der Waals surface area contributed by atoms with Gasteiger partial charge in [0.2, 0.25) is 11.8 Å². The number of halogens is 3. The maximum atomic E-state index is 13.7. The zero-order valence-corrected chi connectivity index (χ0v) is 21.7. The summed E-state index contributed by atoms with van der Waals surface area (Å²) >= 11 is 0. The minimum atomic E-state index is -2.80. The first-order valence-corrected chi connectivity index (χ1v) is 12.2. The van der Waals surface area contributed by atoms with E-state index in [1.165, 1.54) is 30.3 Å². The van der Waals surface area contributed by atoms with Crippen LogP contribution in [0.4, 0.5) is 19.1 Å². The Morgan fingerprint density at radius 3 is 2.45 bits per heavy atom. The summed E-state index contributed by atoms with van der Waals surface area (Å²) < 4.78 is 47.2. The van der Waals surface area contributed by atoms with Gasteiger partial charge < -0.3 is 10.5 Å². The van der Waals surface area contributed by atoms with E-state index in [-0.39, 0.29) is 24.1 Å². The summed E-state index contributed by atoms with van der Waals surface area (Å²) in [5.74, 6) is -0.0471. The molecule has 204 valence electrons. The molecule has 0 saturated carbocycles. The molecule has 13 heteroatoms. The fraction of sp³-hybridized carbons (Fsp3) is 0.222. The molecule has 0 fully saturated rings. The van der Waals surface area contributed by atoms with Crippen LogP contribution >= 0.6 is 0 Å². The Morgan fingerprint density at radius 1 is 0.975 bits per heavy atom. The largest absolute Gasteiger partial charge is 0.471 e. The number of alkyl halides is 2. The van der Waals surface area contributed by atoms with E-state index in [0.29, 0.717) is 39.6 Å². The molecule has 5 rings (SSSR count). The SMILES string of the molecule is Cc1cc(-c2c(OCc3cccc(C(C)(C)c4nn[nH]n4)n3)nc(N)nc2-c2ccc(F)cc2)cc(C(F)F)n1. The highest BCUT2D eigenvalue weighted by atomic mass is 19.3. The van der Waals surface area contributed by atoms with Crippen molar-refractivity contribution in [2.24, 2.45) is 0 Å². The molecule has 0 bridgehead atoms. The van der Waals surface area contributed by atoms with Crippen molar-refractivity contribution in [1.29, 1.82) is 0 Å². The van der Waals surface area contributed by atoms with E-state index in [4.69, 9.17) is 15.5 Å². The minimum Gasteiger partial charge on any atom is -0.471 e. The second-order valence-electron chi connectivity index (χ2n) is 9.50. The van der Waals surface area contributed by atoms with Crippen LogP contribution < -0.4 is 10.5 Å². The Balaban J connectivity index is 1.58. The molecular formula is C27H24F3N9O. The van der Waals surface area contributed by atoms with E-state index in [9.17, 15) is 13.2 Å². The maximum absolute atomic E-state index is 13.7. The van der Waals surface area contributed by atoms with E-state index < -0.39 is 23.4 Å². The molecule has 0 radical (unpaired) electrons. The van der Waals surface area contributed by atoms with E-state index in [0.717, 1.165) is 0 Å². The van der Waals surface area contributed by atoms with Crippen LogP contribution in [0, 0.1) is 12.7 Å². The average molecular weight is 548 g/mol. The van der Waals surface area contributed by atoms with Gasteiger partial charge in [0.1, 0.15) is 18.1 Å². The molecule has 1 aromatic carbocycles. The molecule has 0 spiro atoms. The highest BCUT2D eigenvalue weighted by Crippen LogP contribution is 2.39. The van der Waals surface area contributed by atoms with Crippen molar-refractivity contribution in [3.8, 4) is 28.3 Å². The summed E-state index contributed by atoms with van der Waals surface area (Å²) in [5.41, 5.74) is 7.99. The quantitative estimate of drug-likeness (QED) is 0.275. The van der Waals surface area contributed by atoms with Gasteiger partial charge >= 0.3 is 0 Å². The fourth-order valence-corrected chi connectivity index (χ4v) is 4.18. The lowest BCUT2D eigenvalue weighted by Gasteiger charge is -2.20. The molecule has 10 nitrogen and oxygen atoms in total. The van der Waals surface area contributed by atoms with Crippen molar-refractivity contribution in [1.82, 2.24) is 40.6 Å². The van der Waals surface area contributed by atoms with Gasteiger partial charge in [-0.1, -0.05) is 11.3 Å². The number of nitrogens with zero attached hydrogens (tertiary/aromatic N) is 7. The summed E-state index contributed by atoms with van der Waals surface area (Å²) in [6.07, 6.45) is -2.80. The number of benzene rings is 1. The second-order valence-corrected chi connectivity index (χ2v) is 9.50. The summed E-state index contributed by atoms with van der Waals surface area (Å²) in [7, 11) is 0. The molecule has 4 heterocycles. The summed E-state index contributed by atoms with van der Waals surface area (Å²) in [6, 6.07) is 13.9. The number of rotatable bonds is 8. The first-order valence-electron chi connectivity index (χ1n) is 12.2. The smallest absolute Gasteiger partial charge is 0.280 e. The number of aryl methyl sites for hydroxylation is 1. The van der Waals surface area contributed by atoms with E-state index in [2.05, 4.69) is 35.6 Å². The van der Waals surface area contributed by atoms with Crippen LogP contribution in [-0.2, 0) is 12.0 Å². The number of nitrogens with two attached hydrogens (primary N) is 1. The standard InChI is InChI=1S/C27H24F3N9O/c1-14-11-16(12-19(32-14)23(29)30)21-22(15-7-9-17(28)10-8-15)34-26(31)35-24(21)40-13-18-5-4-6-20(33-18)27(2,3)25-36-38-39-37-25/h4-12,23H,13H2,1-3H3,(H2,31,34,35)(H,36,37,38,39). The van der Waals surface area contributed by atoms with Crippen molar-refractivity contribution in [3.05, 3.63) is 89.0 Å². The van der Waals surface area contributed by atoms with Crippen molar-refractivity contribution >= 4 is 5.95 Å². The van der Waals surface area contributed by atoms with Crippen LogP contribution in [0.25, 0.3) is 22.4 Å². The molecular weight excluding hydrogens is 523 g/mol. The molecule has 0 aliphatic heterocycles. The normalized spacial score (nSPS) is 11.7. The number of anilines is 1. The topological polar surface area (TPSA) is 141 Å².